The summed E-state index contributed by atoms with van der Waals surface area (Å²) in [5, 5.41) is 11.9. The number of carbonyl (C=O) groups excluding carboxylic acids is 2. The summed E-state index contributed by atoms with van der Waals surface area (Å²) < 4.78 is 5.65. The Hall–Kier alpha value is -3.35. The lowest BCUT2D eigenvalue weighted by Crippen LogP contribution is -2.44. The zero-order chi connectivity index (χ0) is 24.8. The molecule has 2 amide bonds. The van der Waals surface area contributed by atoms with Gasteiger partial charge in [0.05, 0.1) is 6.42 Å². The molecule has 0 heterocycles. The van der Waals surface area contributed by atoms with E-state index in [1.165, 1.54) is 22.3 Å². The molecule has 7 heteroatoms. The van der Waals surface area contributed by atoms with Gasteiger partial charge in [0.15, 0.2) is 0 Å². The van der Waals surface area contributed by atoms with Crippen molar-refractivity contribution in [1.29, 1.82) is 0 Å². The highest BCUT2D eigenvalue weighted by Crippen LogP contribution is 2.44. The highest BCUT2D eigenvalue weighted by atomic mass is 16.5. The average molecular weight is 479 g/mol. The third kappa shape index (κ3) is 5.66. The van der Waals surface area contributed by atoms with Gasteiger partial charge >= 0.3 is 12.1 Å². The third-order valence-corrected chi connectivity index (χ3v) is 7.37. The average Bonchev–Trinajstić information content (AvgIpc) is 3.20. The van der Waals surface area contributed by atoms with E-state index < -0.39 is 12.1 Å². The number of carboxylic acids is 1. The number of nitrogens with zero attached hydrogens (tertiary/aromatic N) is 1. The van der Waals surface area contributed by atoms with Crippen LogP contribution in [0.3, 0.4) is 0 Å². The molecule has 0 bridgehead atoms. The quantitative estimate of drug-likeness (QED) is 0.547. The minimum Gasteiger partial charge on any atom is -0.481 e. The molecular weight excluding hydrogens is 444 g/mol. The van der Waals surface area contributed by atoms with Crippen molar-refractivity contribution in [2.45, 2.75) is 44.9 Å². The van der Waals surface area contributed by atoms with Crippen molar-refractivity contribution in [3.8, 4) is 11.1 Å². The van der Waals surface area contributed by atoms with Crippen molar-refractivity contribution in [1.82, 2.24) is 10.2 Å². The second-order valence-corrected chi connectivity index (χ2v) is 9.42. The second-order valence-electron chi connectivity index (χ2n) is 9.42. The maximum Gasteiger partial charge on any atom is 0.407 e. The van der Waals surface area contributed by atoms with Crippen LogP contribution in [0.2, 0.25) is 0 Å². The summed E-state index contributed by atoms with van der Waals surface area (Å²) in [6, 6.07) is 16.4. The van der Waals surface area contributed by atoms with Gasteiger partial charge < -0.3 is 20.1 Å². The maximum atomic E-state index is 13.1. The van der Waals surface area contributed by atoms with E-state index in [4.69, 9.17) is 9.84 Å². The minimum atomic E-state index is -0.909. The van der Waals surface area contributed by atoms with Gasteiger partial charge in [0, 0.05) is 31.5 Å². The van der Waals surface area contributed by atoms with Crippen LogP contribution in [0.25, 0.3) is 11.1 Å². The first-order chi connectivity index (χ1) is 17.0. The number of amides is 2. The predicted molar refractivity (Wildman–Crippen MR) is 133 cm³/mol. The van der Waals surface area contributed by atoms with Gasteiger partial charge in [-0.15, -0.1) is 0 Å². The second kappa shape index (κ2) is 11.4. The van der Waals surface area contributed by atoms with Crippen LogP contribution < -0.4 is 5.32 Å². The van der Waals surface area contributed by atoms with Gasteiger partial charge in [-0.3, -0.25) is 9.59 Å². The molecule has 2 aliphatic carbocycles. The molecule has 0 aliphatic heterocycles. The van der Waals surface area contributed by atoms with E-state index in [0.29, 0.717) is 13.1 Å². The van der Waals surface area contributed by atoms with Gasteiger partial charge in [-0.05, 0) is 47.9 Å². The summed E-state index contributed by atoms with van der Waals surface area (Å²) in [6.07, 6.45) is 3.07. The molecule has 4 rings (SSSR count). The number of benzene rings is 2. The Bertz CT molecular complexity index is 1020. The topological polar surface area (TPSA) is 95.9 Å². The molecule has 0 radical (unpaired) electrons. The van der Waals surface area contributed by atoms with Crippen LogP contribution in [0.15, 0.2) is 48.5 Å². The normalized spacial score (nSPS) is 18.9. The summed E-state index contributed by atoms with van der Waals surface area (Å²) in [7, 11) is 0. The molecule has 2 aromatic carbocycles. The van der Waals surface area contributed by atoms with Gasteiger partial charge in [-0.25, -0.2) is 4.79 Å². The number of carbonyl (C=O) groups is 3. The summed E-state index contributed by atoms with van der Waals surface area (Å²) >= 11 is 0. The lowest BCUT2D eigenvalue weighted by Gasteiger charge is -2.34. The van der Waals surface area contributed by atoms with Crippen LogP contribution in [-0.2, 0) is 14.3 Å². The Balaban J connectivity index is 1.33. The molecule has 1 fully saturated rings. The standard InChI is InChI=1S/C28H34N2O5/c1-2-30(16-15-26(31)32)27(33)20-10-4-3-9-19(20)17-29-28(34)35-18-25-23-13-7-5-11-21(23)22-12-6-8-14-24(22)25/h5-8,11-14,19-20,25H,2-4,9-10,15-18H2,1H3,(H,29,34)(H,31,32)/t19-,20-/m0/s1. The fraction of sp³-hybridized carbons (Fsp3) is 0.464. The first-order valence-corrected chi connectivity index (χ1v) is 12.6. The molecule has 2 N–H and O–H groups in total. The van der Waals surface area contributed by atoms with Crippen LogP contribution in [0.4, 0.5) is 4.79 Å². The minimum absolute atomic E-state index is 0.00417. The van der Waals surface area contributed by atoms with Crippen molar-refractivity contribution in [2.75, 3.05) is 26.2 Å². The van der Waals surface area contributed by atoms with E-state index in [1.54, 1.807) is 4.90 Å². The fourth-order valence-electron chi connectivity index (χ4n) is 5.53. The number of ether oxygens (including phenoxy) is 1. The zero-order valence-corrected chi connectivity index (χ0v) is 20.2. The van der Waals surface area contributed by atoms with Gasteiger partial charge in [-0.2, -0.15) is 0 Å². The zero-order valence-electron chi connectivity index (χ0n) is 20.2. The van der Waals surface area contributed by atoms with Crippen LogP contribution in [0.5, 0.6) is 0 Å². The molecule has 0 saturated heterocycles. The number of hydrogen-bond donors (Lipinski definition) is 2. The van der Waals surface area contributed by atoms with E-state index in [-0.39, 0.29) is 43.2 Å². The number of aliphatic carboxylic acids is 1. The monoisotopic (exact) mass is 478 g/mol. The van der Waals surface area contributed by atoms with Crippen molar-refractivity contribution in [3.05, 3.63) is 59.7 Å². The predicted octanol–water partition coefficient (Wildman–Crippen LogP) is 4.65. The lowest BCUT2D eigenvalue weighted by atomic mass is 9.78. The number of nitrogens with one attached hydrogen (secondary N) is 1. The van der Waals surface area contributed by atoms with Gasteiger partial charge in [0.25, 0.3) is 0 Å². The molecule has 1 saturated carbocycles. The largest absolute Gasteiger partial charge is 0.481 e. The number of hydrogen-bond acceptors (Lipinski definition) is 4. The number of alkyl carbamates (subject to hydrolysis) is 1. The number of fused-ring (bicyclic) bond motifs is 3. The molecular formula is C28H34N2O5. The highest BCUT2D eigenvalue weighted by molar-refractivity contribution is 5.80. The molecule has 2 aliphatic rings. The van der Waals surface area contributed by atoms with Gasteiger partial charge in [-0.1, -0.05) is 61.4 Å². The van der Waals surface area contributed by atoms with Crippen LogP contribution in [0.1, 0.15) is 56.1 Å². The van der Waals surface area contributed by atoms with E-state index in [0.717, 1.165) is 25.7 Å². The molecule has 2 atom stereocenters. The Morgan fingerprint density at radius 2 is 1.63 bits per heavy atom. The molecule has 2 aromatic rings. The molecule has 186 valence electrons. The smallest absolute Gasteiger partial charge is 0.407 e. The molecule has 7 nitrogen and oxygen atoms in total. The maximum absolute atomic E-state index is 13.1. The first-order valence-electron chi connectivity index (χ1n) is 12.6. The van der Waals surface area contributed by atoms with Crippen molar-refractivity contribution in [2.24, 2.45) is 11.8 Å². The fourth-order valence-corrected chi connectivity index (χ4v) is 5.53. The van der Waals surface area contributed by atoms with Crippen molar-refractivity contribution < 1.29 is 24.2 Å². The van der Waals surface area contributed by atoms with Crippen LogP contribution >= 0.6 is 0 Å². The Kier molecular flexibility index (Phi) is 8.06. The summed E-state index contributed by atoms with van der Waals surface area (Å²) in [5.41, 5.74) is 4.70. The third-order valence-electron chi connectivity index (χ3n) is 7.37. The van der Waals surface area contributed by atoms with Gasteiger partial charge in [0.1, 0.15) is 6.61 Å². The summed E-state index contributed by atoms with van der Waals surface area (Å²) in [6.45, 7) is 3.20. The van der Waals surface area contributed by atoms with E-state index in [9.17, 15) is 14.4 Å². The summed E-state index contributed by atoms with van der Waals surface area (Å²) in [5.74, 6) is -1.09. The van der Waals surface area contributed by atoms with Crippen LogP contribution in [0, 0.1) is 11.8 Å². The van der Waals surface area contributed by atoms with E-state index in [1.807, 2.05) is 31.2 Å². The van der Waals surface area contributed by atoms with Crippen molar-refractivity contribution >= 4 is 18.0 Å². The lowest BCUT2D eigenvalue weighted by molar-refractivity contribution is -0.141. The van der Waals surface area contributed by atoms with Crippen LogP contribution in [-0.4, -0.2) is 54.2 Å². The highest BCUT2D eigenvalue weighted by Gasteiger charge is 2.34. The first kappa shape index (κ1) is 24.8. The molecule has 0 aromatic heterocycles. The SMILES string of the molecule is CCN(CCC(=O)O)C(=O)[C@H]1CCCC[C@H]1CNC(=O)OCC1c2ccccc2-c2ccccc21. The Morgan fingerprint density at radius 1 is 1.00 bits per heavy atom. The Labute approximate surface area is 206 Å². The van der Waals surface area contributed by atoms with Crippen molar-refractivity contribution in [3.63, 3.8) is 0 Å². The van der Waals surface area contributed by atoms with E-state index >= 15 is 0 Å². The summed E-state index contributed by atoms with van der Waals surface area (Å²) in [4.78, 5) is 38.3. The molecule has 35 heavy (non-hydrogen) atoms. The van der Waals surface area contributed by atoms with E-state index in [2.05, 4.69) is 29.6 Å². The molecule has 0 spiro atoms. The number of carboxylic acid groups (broad SMARTS) is 1. The Morgan fingerprint density at radius 3 is 2.26 bits per heavy atom. The van der Waals surface area contributed by atoms with Gasteiger partial charge in [0.2, 0.25) is 5.91 Å². The molecule has 0 unspecified atom stereocenters. The number of rotatable bonds is 9.